The van der Waals surface area contributed by atoms with Gasteiger partial charge in [0.1, 0.15) is 5.82 Å². The highest BCUT2D eigenvalue weighted by Gasteiger charge is 2.32. The predicted octanol–water partition coefficient (Wildman–Crippen LogP) is 2.64. The van der Waals surface area contributed by atoms with Crippen molar-refractivity contribution >= 4 is 15.9 Å². The quantitative estimate of drug-likeness (QED) is 0.862. The summed E-state index contributed by atoms with van der Waals surface area (Å²) in [6.07, 6.45) is 0. The summed E-state index contributed by atoms with van der Waals surface area (Å²) in [5, 5.41) is 0. The van der Waals surface area contributed by atoms with Gasteiger partial charge in [0, 0.05) is 4.47 Å². The highest BCUT2D eigenvalue weighted by Crippen LogP contribution is 2.30. The molecule has 1 nitrogen and oxygen atoms in total. The molecule has 0 aliphatic heterocycles. The van der Waals surface area contributed by atoms with Gasteiger partial charge >= 0.3 is 0 Å². The van der Waals surface area contributed by atoms with E-state index in [1.54, 1.807) is 0 Å². The molecule has 1 aromatic carbocycles. The molecule has 0 spiro atoms. The Balaban J connectivity index is 3.20. The molecule has 1 rings (SSSR count). The van der Waals surface area contributed by atoms with Gasteiger partial charge in [-0.25, -0.2) is 4.39 Å². The van der Waals surface area contributed by atoms with Gasteiger partial charge in [0.05, 0.1) is 12.1 Å². The number of rotatable bonds is 2. The molecule has 0 unspecified atom stereocenters. The van der Waals surface area contributed by atoms with Crippen LogP contribution in [0.1, 0.15) is 5.56 Å². The van der Waals surface area contributed by atoms with Crippen LogP contribution in [0.25, 0.3) is 0 Å². The average molecular weight is 254 g/mol. The number of benzene rings is 1. The average Bonchev–Trinajstić information content (AvgIpc) is 2.09. The van der Waals surface area contributed by atoms with Gasteiger partial charge in [0.2, 0.25) is 0 Å². The molecular formula is C8H7BrF3N. The minimum atomic E-state index is -3.31. The van der Waals surface area contributed by atoms with E-state index in [1.165, 1.54) is 6.07 Å². The molecule has 0 amide bonds. The lowest BCUT2D eigenvalue weighted by Gasteiger charge is -2.14. The fourth-order valence-corrected chi connectivity index (χ4v) is 1.25. The maximum absolute atomic E-state index is 12.9. The number of alkyl halides is 2. The van der Waals surface area contributed by atoms with E-state index in [0.717, 1.165) is 12.1 Å². The summed E-state index contributed by atoms with van der Waals surface area (Å²) < 4.78 is 39.2. The third kappa shape index (κ3) is 2.22. The minimum Gasteiger partial charge on any atom is -0.325 e. The molecule has 72 valence electrons. The molecule has 0 aliphatic rings. The molecule has 0 atom stereocenters. The van der Waals surface area contributed by atoms with Crippen LogP contribution >= 0.6 is 15.9 Å². The molecule has 0 bridgehead atoms. The lowest BCUT2D eigenvalue weighted by molar-refractivity contribution is 0.00233. The third-order valence-electron chi connectivity index (χ3n) is 1.58. The van der Waals surface area contributed by atoms with Crippen molar-refractivity contribution in [3.63, 3.8) is 0 Å². The summed E-state index contributed by atoms with van der Waals surface area (Å²) >= 11 is 2.98. The Morgan fingerprint density at radius 2 is 2.00 bits per heavy atom. The monoisotopic (exact) mass is 253 g/mol. The summed E-state index contributed by atoms with van der Waals surface area (Å²) in [7, 11) is 0. The van der Waals surface area contributed by atoms with Crippen molar-refractivity contribution in [3.8, 4) is 0 Å². The molecule has 0 saturated heterocycles. The van der Waals surface area contributed by atoms with Gasteiger partial charge in [-0.15, -0.1) is 0 Å². The van der Waals surface area contributed by atoms with Crippen molar-refractivity contribution in [3.05, 3.63) is 34.1 Å². The van der Waals surface area contributed by atoms with Gasteiger partial charge in [-0.2, -0.15) is 8.78 Å². The molecule has 0 heterocycles. The smallest absolute Gasteiger partial charge is 0.288 e. The van der Waals surface area contributed by atoms with Crippen LogP contribution in [0.4, 0.5) is 13.2 Å². The second kappa shape index (κ2) is 3.67. The normalized spacial score (nSPS) is 11.8. The molecule has 2 N–H and O–H groups in total. The maximum atomic E-state index is 12.9. The Labute approximate surface area is 81.9 Å². The molecular weight excluding hydrogens is 247 g/mol. The van der Waals surface area contributed by atoms with Crippen molar-refractivity contribution in [1.29, 1.82) is 0 Å². The summed E-state index contributed by atoms with van der Waals surface area (Å²) in [5.41, 5.74) is 4.15. The van der Waals surface area contributed by atoms with Crippen LogP contribution in [0.5, 0.6) is 0 Å². The van der Waals surface area contributed by atoms with Gasteiger partial charge in [0.25, 0.3) is 5.92 Å². The first-order chi connectivity index (χ1) is 5.97. The zero-order valence-electron chi connectivity index (χ0n) is 6.53. The van der Waals surface area contributed by atoms with Crippen molar-refractivity contribution in [2.75, 3.05) is 6.54 Å². The van der Waals surface area contributed by atoms with Crippen LogP contribution in [0.15, 0.2) is 22.7 Å². The number of hydrogen-bond donors (Lipinski definition) is 1. The van der Waals surface area contributed by atoms with Crippen molar-refractivity contribution in [2.24, 2.45) is 5.73 Å². The fraction of sp³-hybridized carbons (Fsp3) is 0.250. The topological polar surface area (TPSA) is 26.0 Å². The van der Waals surface area contributed by atoms with Gasteiger partial charge in [-0.05, 0) is 18.2 Å². The van der Waals surface area contributed by atoms with Crippen molar-refractivity contribution in [1.82, 2.24) is 0 Å². The molecule has 0 saturated carbocycles. The van der Waals surface area contributed by atoms with Crippen LogP contribution < -0.4 is 5.73 Å². The third-order valence-corrected chi connectivity index (χ3v) is 2.07. The number of hydrogen-bond acceptors (Lipinski definition) is 1. The lowest BCUT2D eigenvalue weighted by atomic mass is 10.1. The Morgan fingerprint density at radius 1 is 1.38 bits per heavy atom. The molecule has 0 aromatic heterocycles. The second-order valence-electron chi connectivity index (χ2n) is 2.53. The van der Waals surface area contributed by atoms with E-state index in [9.17, 15) is 13.2 Å². The van der Waals surface area contributed by atoms with E-state index in [0.29, 0.717) is 4.47 Å². The SMILES string of the molecule is NCC(F)(F)c1cc(Br)ccc1F. The number of halogens is 4. The second-order valence-corrected chi connectivity index (χ2v) is 3.45. The zero-order chi connectivity index (χ0) is 10.1. The van der Waals surface area contributed by atoms with E-state index in [1.807, 2.05) is 0 Å². The first kappa shape index (κ1) is 10.5. The van der Waals surface area contributed by atoms with E-state index in [2.05, 4.69) is 15.9 Å². The van der Waals surface area contributed by atoms with Crippen LogP contribution in [0.2, 0.25) is 0 Å². The first-order valence-corrected chi connectivity index (χ1v) is 4.30. The Hall–Kier alpha value is -0.550. The molecule has 0 aliphatic carbocycles. The van der Waals surface area contributed by atoms with Gasteiger partial charge in [-0.1, -0.05) is 15.9 Å². The van der Waals surface area contributed by atoms with Gasteiger partial charge in [-0.3, -0.25) is 0 Å². The van der Waals surface area contributed by atoms with E-state index >= 15 is 0 Å². The van der Waals surface area contributed by atoms with E-state index < -0.39 is 23.8 Å². The van der Waals surface area contributed by atoms with Gasteiger partial charge < -0.3 is 5.73 Å². The summed E-state index contributed by atoms with van der Waals surface area (Å²) in [5.74, 6) is -4.26. The molecule has 13 heavy (non-hydrogen) atoms. The Morgan fingerprint density at radius 3 is 2.54 bits per heavy atom. The minimum absolute atomic E-state index is 0.400. The highest BCUT2D eigenvalue weighted by atomic mass is 79.9. The van der Waals surface area contributed by atoms with Crippen LogP contribution in [0, 0.1) is 5.82 Å². The summed E-state index contributed by atoms with van der Waals surface area (Å²) in [6.45, 7) is -0.902. The van der Waals surface area contributed by atoms with Crippen molar-refractivity contribution in [2.45, 2.75) is 5.92 Å². The van der Waals surface area contributed by atoms with E-state index in [-0.39, 0.29) is 0 Å². The van der Waals surface area contributed by atoms with E-state index in [4.69, 9.17) is 5.73 Å². The standard InChI is InChI=1S/C8H7BrF3N/c9-5-1-2-7(10)6(3-5)8(11,12)4-13/h1-3H,4,13H2. The molecule has 1 aromatic rings. The fourth-order valence-electron chi connectivity index (χ4n) is 0.888. The van der Waals surface area contributed by atoms with Gasteiger partial charge in [0.15, 0.2) is 0 Å². The molecule has 0 fully saturated rings. The Bertz CT molecular complexity index is 314. The van der Waals surface area contributed by atoms with Crippen molar-refractivity contribution < 1.29 is 13.2 Å². The maximum Gasteiger partial charge on any atom is 0.288 e. The highest BCUT2D eigenvalue weighted by molar-refractivity contribution is 9.10. The number of nitrogens with two attached hydrogens (primary N) is 1. The zero-order valence-corrected chi connectivity index (χ0v) is 8.11. The molecule has 0 radical (unpaired) electrons. The first-order valence-electron chi connectivity index (χ1n) is 3.51. The van der Waals surface area contributed by atoms with Crippen LogP contribution in [-0.2, 0) is 5.92 Å². The molecule has 5 heteroatoms. The van der Waals surface area contributed by atoms with Crippen LogP contribution in [-0.4, -0.2) is 6.54 Å². The summed E-state index contributed by atoms with van der Waals surface area (Å²) in [4.78, 5) is 0. The van der Waals surface area contributed by atoms with Crippen LogP contribution in [0.3, 0.4) is 0 Å². The predicted molar refractivity (Wildman–Crippen MR) is 47.0 cm³/mol. The Kier molecular flexibility index (Phi) is 2.98. The largest absolute Gasteiger partial charge is 0.325 e. The lowest BCUT2D eigenvalue weighted by Crippen LogP contribution is -2.26. The summed E-state index contributed by atoms with van der Waals surface area (Å²) in [6, 6.07) is 3.36.